The molecule has 1 fully saturated rings. The second kappa shape index (κ2) is 7.55. The van der Waals surface area contributed by atoms with Gasteiger partial charge in [-0.05, 0) is 38.9 Å². The number of para-hydroxylation sites is 1. The lowest BCUT2D eigenvalue weighted by molar-refractivity contribution is -0.0505. The monoisotopic (exact) mass is 284 g/mol. The van der Waals surface area contributed by atoms with Crippen molar-refractivity contribution < 1.29 is 13.5 Å². The lowest BCUT2D eigenvalue weighted by Crippen LogP contribution is -2.37. The van der Waals surface area contributed by atoms with E-state index in [0.717, 1.165) is 25.2 Å². The van der Waals surface area contributed by atoms with Crippen LogP contribution >= 0.6 is 0 Å². The smallest absolute Gasteiger partial charge is 0.387 e. The minimum absolute atomic E-state index is 0.253. The summed E-state index contributed by atoms with van der Waals surface area (Å²) in [5, 5.41) is 3.37. The minimum atomic E-state index is -2.78. The molecule has 0 amide bonds. The lowest BCUT2D eigenvalue weighted by Gasteiger charge is -2.21. The second-order valence-electron chi connectivity index (χ2n) is 5.28. The van der Waals surface area contributed by atoms with Crippen LogP contribution in [-0.4, -0.2) is 37.2 Å². The van der Waals surface area contributed by atoms with Gasteiger partial charge in [-0.3, -0.25) is 0 Å². The number of rotatable bonds is 7. The molecule has 0 bridgehead atoms. The Morgan fingerprint density at radius 2 is 1.95 bits per heavy atom. The highest BCUT2D eigenvalue weighted by Gasteiger charge is 2.15. The molecular weight excluding hydrogens is 262 g/mol. The summed E-state index contributed by atoms with van der Waals surface area (Å²) in [5.41, 5.74) is 0.765. The van der Waals surface area contributed by atoms with Gasteiger partial charge in [-0.2, -0.15) is 8.78 Å². The third kappa shape index (κ3) is 4.72. The average Bonchev–Trinajstić information content (AvgIpc) is 2.90. The first kappa shape index (κ1) is 15.2. The van der Waals surface area contributed by atoms with Crippen LogP contribution in [0.5, 0.6) is 5.75 Å². The lowest BCUT2D eigenvalue weighted by atomic mass is 10.2. The van der Waals surface area contributed by atoms with Crippen LogP contribution in [0.15, 0.2) is 24.3 Å². The summed E-state index contributed by atoms with van der Waals surface area (Å²) in [6, 6.07) is 7.25. The maximum absolute atomic E-state index is 12.3. The molecule has 1 unspecified atom stereocenters. The van der Waals surface area contributed by atoms with Crippen LogP contribution < -0.4 is 10.1 Å². The number of alkyl halides is 2. The van der Waals surface area contributed by atoms with Crippen LogP contribution in [0.4, 0.5) is 8.78 Å². The van der Waals surface area contributed by atoms with Crippen molar-refractivity contribution in [3.05, 3.63) is 29.8 Å². The molecule has 3 nitrogen and oxygen atoms in total. The highest BCUT2D eigenvalue weighted by atomic mass is 19.3. The topological polar surface area (TPSA) is 24.5 Å². The zero-order chi connectivity index (χ0) is 14.4. The highest BCUT2D eigenvalue weighted by Crippen LogP contribution is 2.20. The number of nitrogens with one attached hydrogen (secondary N) is 1. The molecule has 112 valence electrons. The normalized spacial score (nSPS) is 17.6. The SMILES string of the molecule is CC(CN1CCCC1)NCc1ccccc1OC(F)F. The summed E-state index contributed by atoms with van der Waals surface area (Å²) < 4.78 is 29.2. The van der Waals surface area contributed by atoms with E-state index in [1.54, 1.807) is 12.1 Å². The maximum atomic E-state index is 12.3. The Kier molecular flexibility index (Phi) is 5.73. The molecule has 1 saturated heterocycles. The van der Waals surface area contributed by atoms with Crippen LogP contribution in [-0.2, 0) is 6.54 Å². The maximum Gasteiger partial charge on any atom is 0.387 e. The van der Waals surface area contributed by atoms with E-state index >= 15 is 0 Å². The number of hydrogen-bond donors (Lipinski definition) is 1. The number of benzene rings is 1. The molecule has 1 N–H and O–H groups in total. The van der Waals surface area contributed by atoms with E-state index in [9.17, 15) is 8.78 Å². The zero-order valence-electron chi connectivity index (χ0n) is 11.8. The van der Waals surface area contributed by atoms with Gasteiger partial charge in [0.1, 0.15) is 5.75 Å². The van der Waals surface area contributed by atoms with E-state index in [0.29, 0.717) is 12.6 Å². The predicted octanol–water partition coefficient (Wildman–Crippen LogP) is 2.86. The Morgan fingerprint density at radius 1 is 1.25 bits per heavy atom. The molecular formula is C15H22F2N2O. The number of likely N-dealkylation sites (tertiary alicyclic amines) is 1. The van der Waals surface area contributed by atoms with Crippen LogP contribution in [0, 0.1) is 0 Å². The first-order valence-corrected chi connectivity index (χ1v) is 7.13. The van der Waals surface area contributed by atoms with Crippen molar-refractivity contribution in [3.8, 4) is 5.75 Å². The molecule has 20 heavy (non-hydrogen) atoms. The molecule has 5 heteroatoms. The van der Waals surface area contributed by atoms with Crippen molar-refractivity contribution in [1.82, 2.24) is 10.2 Å². The summed E-state index contributed by atoms with van der Waals surface area (Å²) in [6.07, 6.45) is 2.55. The van der Waals surface area contributed by atoms with Gasteiger partial charge in [-0.15, -0.1) is 0 Å². The standard InChI is InChI=1S/C15H22F2N2O/c1-12(11-19-8-4-5-9-19)18-10-13-6-2-3-7-14(13)20-15(16)17/h2-3,6-7,12,15,18H,4-5,8-11H2,1H3. The Labute approximate surface area is 118 Å². The fraction of sp³-hybridized carbons (Fsp3) is 0.600. The molecule has 1 aliphatic rings. The summed E-state index contributed by atoms with van der Waals surface area (Å²) >= 11 is 0. The predicted molar refractivity (Wildman–Crippen MR) is 75.0 cm³/mol. The highest BCUT2D eigenvalue weighted by molar-refractivity contribution is 5.33. The van der Waals surface area contributed by atoms with Crippen molar-refractivity contribution >= 4 is 0 Å². The third-order valence-electron chi connectivity index (χ3n) is 3.56. The van der Waals surface area contributed by atoms with Crippen LogP contribution in [0.2, 0.25) is 0 Å². The van der Waals surface area contributed by atoms with Gasteiger partial charge in [0.2, 0.25) is 0 Å². The molecule has 1 aromatic rings. The van der Waals surface area contributed by atoms with Gasteiger partial charge in [-0.1, -0.05) is 18.2 Å². The van der Waals surface area contributed by atoms with Crippen molar-refractivity contribution in [2.75, 3.05) is 19.6 Å². The van der Waals surface area contributed by atoms with E-state index in [-0.39, 0.29) is 5.75 Å². The zero-order valence-corrected chi connectivity index (χ0v) is 11.8. The molecule has 1 atom stereocenters. The van der Waals surface area contributed by atoms with E-state index in [2.05, 4.69) is 21.9 Å². The Morgan fingerprint density at radius 3 is 2.65 bits per heavy atom. The van der Waals surface area contributed by atoms with Gasteiger partial charge in [0.15, 0.2) is 0 Å². The Hall–Kier alpha value is -1.20. The summed E-state index contributed by atoms with van der Waals surface area (Å²) in [5.74, 6) is 0.253. The third-order valence-corrected chi connectivity index (χ3v) is 3.56. The van der Waals surface area contributed by atoms with E-state index in [1.807, 2.05) is 12.1 Å². The molecule has 1 aliphatic heterocycles. The van der Waals surface area contributed by atoms with Gasteiger partial charge >= 0.3 is 6.61 Å². The minimum Gasteiger partial charge on any atom is -0.434 e. The molecule has 0 aromatic heterocycles. The first-order valence-electron chi connectivity index (χ1n) is 7.13. The van der Waals surface area contributed by atoms with Crippen molar-refractivity contribution in [1.29, 1.82) is 0 Å². The van der Waals surface area contributed by atoms with Gasteiger partial charge in [0.05, 0.1) is 0 Å². The van der Waals surface area contributed by atoms with Crippen molar-refractivity contribution in [2.24, 2.45) is 0 Å². The van der Waals surface area contributed by atoms with Gasteiger partial charge in [-0.25, -0.2) is 0 Å². The van der Waals surface area contributed by atoms with Gasteiger partial charge in [0, 0.05) is 24.7 Å². The van der Waals surface area contributed by atoms with Crippen LogP contribution in [0.1, 0.15) is 25.3 Å². The van der Waals surface area contributed by atoms with E-state index in [1.165, 1.54) is 12.8 Å². The number of nitrogens with zero attached hydrogens (tertiary/aromatic N) is 1. The summed E-state index contributed by atoms with van der Waals surface area (Å²) in [4.78, 5) is 2.43. The van der Waals surface area contributed by atoms with Crippen LogP contribution in [0.25, 0.3) is 0 Å². The molecule has 1 aromatic carbocycles. The van der Waals surface area contributed by atoms with Crippen molar-refractivity contribution in [3.63, 3.8) is 0 Å². The van der Waals surface area contributed by atoms with Crippen LogP contribution in [0.3, 0.4) is 0 Å². The second-order valence-corrected chi connectivity index (χ2v) is 5.28. The molecule has 0 aliphatic carbocycles. The first-order chi connectivity index (χ1) is 9.65. The quantitative estimate of drug-likeness (QED) is 0.833. The fourth-order valence-electron chi connectivity index (χ4n) is 2.56. The van der Waals surface area contributed by atoms with Gasteiger partial charge in [0.25, 0.3) is 0 Å². The summed E-state index contributed by atoms with van der Waals surface area (Å²) in [7, 11) is 0. The molecule has 0 spiro atoms. The molecule has 2 rings (SSSR count). The average molecular weight is 284 g/mol. The molecule has 0 radical (unpaired) electrons. The van der Waals surface area contributed by atoms with E-state index in [4.69, 9.17) is 0 Å². The Bertz CT molecular complexity index is 409. The fourth-order valence-corrected chi connectivity index (χ4v) is 2.56. The molecule has 1 heterocycles. The largest absolute Gasteiger partial charge is 0.434 e. The van der Waals surface area contributed by atoms with E-state index < -0.39 is 6.61 Å². The number of hydrogen-bond acceptors (Lipinski definition) is 3. The Balaban J connectivity index is 1.83. The van der Waals surface area contributed by atoms with Gasteiger partial charge < -0.3 is 15.0 Å². The summed E-state index contributed by atoms with van der Waals surface area (Å²) in [6.45, 7) is 3.21. The molecule has 0 saturated carbocycles. The number of halogens is 2. The number of ether oxygens (including phenoxy) is 1. The van der Waals surface area contributed by atoms with Crippen molar-refractivity contribution in [2.45, 2.75) is 39.0 Å².